The van der Waals surface area contributed by atoms with Crippen LogP contribution in [-0.2, 0) is 4.79 Å². The average molecular weight is 414 g/mol. The predicted molar refractivity (Wildman–Crippen MR) is 98.7 cm³/mol. The molecule has 1 aromatic rings. The van der Waals surface area contributed by atoms with Gasteiger partial charge in [-0.2, -0.15) is 9.37 Å². The summed E-state index contributed by atoms with van der Waals surface area (Å²) in [6.07, 6.45) is 7.36. The Morgan fingerprint density at radius 1 is 1.24 bits per heavy atom. The van der Waals surface area contributed by atoms with Crippen molar-refractivity contribution < 1.29 is 22.7 Å². The van der Waals surface area contributed by atoms with Crippen LogP contribution in [0.2, 0.25) is 0 Å². The number of carbonyl (C=O) groups is 1. The van der Waals surface area contributed by atoms with Crippen LogP contribution in [0.25, 0.3) is 0 Å². The van der Waals surface area contributed by atoms with E-state index < -0.39 is 54.7 Å². The van der Waals surface area contributed by atoms with Crippen molar-refractivity contribution in [2.45, 2.75) is 44.4 Å². The molecular formula is C19H25F3N4O3. The molecule has 3 aliphatic rings. The number of aromatic nitrogens is 2. The Kier molecular flexibility index (Phi) is 5.44. The Morgan fingerprint density at radius 3 is 2.59 bits per heavy atom. The zero-order valence-corrected chi connectivity index (χ0v) is 16.1. The Hall–Kier alpha value is -2.26. The minimum Gasteiger partial charge on any atom is -0.465 e. The molecule has 2 unspecified atom stereocenters. The fourth-order valence-electron chi connectivity index (χ4n) is 4.89. The molecule has 0 radical (unpaired) electrons. The predicted octanol–water partition coefficient (Wildman–Crippen LogP) is 2.08. The van der Waals surface area contributed by atoms with Crippen LogP contribution < -0.4 is 20.6 Å². The lowest BCUT2D eigenvalue weighted by molar-refractivity contribution is -0.123. The lowest BCUT2D eigenvalue weighted by Crippen LogP contribution is -2.57. The number of carbonyl (C=O) groups excluding carboxylic acids is 1. The maximum Gasteiger partial charge on any atom is 0.349 e. The third kappa shape index (κ3) is 4.67. The molecule has 2 N–H and O–H groups in total. The maximum atomic E-state index is 14.5. The van der Waals surface area contributed by atoms with Crippen molar-refractivity contribution in [3.8, 4) is 5.88 Å². The smallest absolute Gasteiger partial charge is 0.349 e. The van der Waals surface area contributed by atoms with E-state index in [-0.39, 0.29) is 0 Å². The van der Waals surface area contributed by atoms with Crippen LogP contribution in [0.1, 0.15) is 38.5 Å². The van der Waals surface area contributed by atoms with Crippen LogP contribution in [0.3, 0.4) is 0 Å². The molecule has 1 saturated heterocycles. The van der Waals surface area contributed by atoms with Gasteiger partial charge in [-0.25, -0.2) is 13.6 Å². The van der Waals surface area contributed by atoms with Crippen molar-refractivity contribution in [1.29, 1.82) is 0 Å². The zero-order valence-electron chi connectivity index (χ0n) is 16.1. The van der Waals surface area contributed by atoms with E-state index in [1.54, 1.807) is 0 Å². The van der Waals surface area contributed by atoms with E-state index >= 15 is 0 Å². The number of nitrogens with one attached hydrogen (secondary N) is 2. The monoisotopic (exact) mass is 414 g/mol. The Bertz CT molecular complexity index is 811. The fourth-order valence-corrected chi connectivity index (χ4v) is 4.89. The third-order valence-corrected chi connectivity index (χ3v) is 6.14. The van der Waals surface area contributed by atoms with Gasteiger partial charge in [-0.3, -0.25) is 9.78 Å². The molecule has 2 saturated carbocycles. The van der Waals surface area contributed by atoms with Crippen molar-refractivity contribution in [1.82, 2.24) is 15.3 Å². The Morgan fingerprint density at radius 2 is 1.93 bits per heavy atom. The molecular weight excluding hydrogens is 389 g/mol. The largest absolute Gasteiger partial charge is 0.465 e. The number of hydrogen-bond donors (Lipinski definition) is 2. The van der Waals surface area contributed by atoms with E-state index in [0.717, 1.165) is 29.6 Å². The number of ether oxygens (including phenoxy) is 1. The minimum atomic E-state index is -2.93. The van der Waals surface area contributed by atoms with Gasteiger partial charge in [0.25, 0.3) is 17.7 Å². The number of amides is 1. The molecule has 29 heavy (non-hydrogen) atoms. The standard InChI is InChI=1S/C19H25F3N4O3/c20-15-16(26-9-19(21,22)10-26)24-18(28)25-17(15)29-8-14(27)23-7-13-5-11-2-1-3-12(4-11)6-13/h11-13H,1-10H2,(H,23,27)(H,24,25,28). The van der Waals surface area contributed by atoms with Crippen LogP contribution in [-0.4, -0.2) is 48.0 Å². The van der Waals surface area contributed by atoms with Gasteiger partial charge >= 0.3 is 5.69 Å². The summed E-state index contributed by atoms with van der Waals surface area (Å²) in [7, 11) is 0. The summed E-state index contributed by atoms with van der Waals surface area (Å²) in [5.41, 5.74) is -0.930. The molecule has 160 valence electrons. The summed E-state index contributed by atoms with van der Waals surface area (Å²) >= 11 is 0. The molecule has 2 aliphatic carbocycles. The second-order valence-corrected chi connectivity index (χ2v) is 8.55. The summed E-state index contributed by atoms with van der Waals surface area (Å²) < 4.78 is 45.6. The molecule has 1 amide bonds. The van der Waals surface area contributed by atoms with Crippen molar-refractivity contribution in [2.24, 2.45) is 17.8 Å². The number of H-pyrrole nitrogens is 1. The summed E-state index contributed by atoms with van der Waals surface area (Å²) in [6.45, 7) is -1.35. The topological polar surface area (TPSA) is 87.3 Å². The lowest BCUT2D eigenvalue weighted by Gasteiger charge is -2.39. The second-order valence-electron chi connectivity index (χ2n) is 8.55. The molecule has 1 aromatic heterocycles. The highest BCUT2D eigenvalue weighted by Gasteiger charge is 2.45. The molecule has 3 fully saturated rings. The number of nitrogens with zero attached hydrogens (tertiary/aromatic N) is 2. The van der Waals surface area contributed by atoms with Gasteiger partial charge in [0.15, 0.2) is 12.4 Å². The SMILES string of the molecule is O=C(COc1nc(=O)[nH]c(N2CC(F)(F)C2)c1F)NCC1CC2CCCC(C2)C1. The van der Waals surface area contributed by atoms with E-state index in [0.29, 0.717) is 12.5 Å². The van der Waals surface area contributed by atoms with E-state index in [1.807, 2.05) is 0 Å². The highest BCUT2D eigenvalue weighted by molar-refractivity contribution is 5.77. The zero-order chi connectivity index (χ0) is 20.6. The molecule has 1 aliphatic heterocycles. The fraction of sp³-hybridized carbons (Fsp3) is 0.737. The maximum absolute atomic E-state index is 14.5. The summed E-state index contributed by atoms with van der Waals surface area (Å²) in [4.78, 5) is 30.2. The van der Waals surface area contributed by atoms with Crippen molar-refractivity contribution in [3.05, 3.63) is 16.3 Å². The Labute approximate surface area is 166 Å². The first kappa shape index (κ1) is 20.0. The van der Waals surface area contributed by atoms with Gasteiger partial charge < -0.3 is 15.0 Å². The molecule has 2 heterocycles. The molecule has 2 bridgehead atoms. The molecule has 0 spiro atoms. The highest BCUT2D eigenvalue weighted by Crippen LogP contribution is 2.42. The van der Waals surface area contributed by atoms with Gasteiger partial charge in [0.05, 0.1) is 13.1 Å². The van der Waals surface area contributed by atoms with E-state index in [4.69, 9.17) is 4.74 Å². The number of rotatable bonds is 6. The van der Waals surface area contributed by atoms with Crippen molar-refractivity contribution in [3.63, 3.8) is 0 Å². The van der Waals surface area contributed by atoms with Crippen LogP contribution in [0, 0.1) is 23.6 Å². The van der Waals surface area contributed by atoms with Crippen LogP contribution in [0.15, 0.2) is 4.79 Å². The minimum absolute atomic E-state index is 0.403. The molecule has 4 rings (SSSR count). The number of halogens is 3. The third-order valence-electron chi connectivity index (χ3n) is 6.14. The van der Waals surface area contributed by atoms with Gasteiger partial charge in [-0.1, -0.05) is 19.3 Å². The summed E-state index contributed by atoms with van der Waals surface area (Å²) in [5, 5.41) is 2.81. The van der Waals surface area contributed by atoms with Gasteiger partial charge in [0.2, 0.25) is 5.82 Å². The van der Waals surface area contributed by atoms with Crippen molar-refractivity contribution >= 4 is 11.7 Å². The van der Waals surface area contributed by atoms with Crippen LogP contribution in [0.4, 0.5) is 19.0 Å². The number of anilines is 1. The first-order valence-electron chi connectivity index (χ1n) is 10.1. The van der Waals surface area contributed by atoms with E-state index in [2.05, 4.69) is 15.3 Å². The van der Waals surface area contributed by atoms with Gasteiger partial charge in [0.1, 0.15) is 0 Å². The normalized spacial score (nSPS) is 27.8. The number of aromatic amines is 1. The lowest BCUT2D eigenvalue weighted by atomic mass is 9.68. The Balaban J connectivity index is 1.29. The second kappa shape index (κ2) is 7.87. The molecule has 7 nitrogen and oxygen atoms in total. The summed E-state index contributed by atoms with van der Waals surface area (Å²) in [5.74, 6) is -3.54. The highest BCUT2D eigenvalue weighted by atomic mass is 19.3. The number of hydrogen-bond acceptors (Lipinski definition) is 5. The van der Waals surface area contributed by atoms with Gasteiger partial charge in [-0.15, -0.1) is 0 Å². The molecule has 2 atom stereocenters. The molecule has 0 aromatic carbocycles. The quantitative estimate of drug-likeness (QED) is 0.744. The average Bonchev–Trinajstić information content (AvgIpc) is 2.64. The van der Waals surface area contributed by atoms with Crippen LogP contribution >= 0.6 is 0 Å². The first-order chi connectivity index (χ1) is 13.8. The van der Waals surface area contributed by atoms with Crippen molar-refractivity contribution in [2.75, 3.05) is 31.1 Å². The van der Waals surface area contributed by atoms with E-state index in [1.165, 1.54) is 25.7 Å². The number of alkyl halides is 2. The van der Waals surface area contributed by atoms with E-state index in [9.17, 15) is 22.8 Å². The molecule has 10 heteroatoms. The van der Waals surface area contributed by atoms with Gasteiger partial charge in [-0.05, 0) is 37.0 Å². The number of fused-ring (bicyclic) bond motifs is 2. The first-order valence-corrected chi connectivity index (χ1v) is 10.1. The van der Waals surface area contributed by atoms with Crippen LogP contribution in [0.5, 0.6) is 5.88 Å². The van der Waals surface area contributed by atoms with Gasteiger partial charge in [0, 0.05) is 6.54 Å². The summed E-state index contributed by atoms with van der Waals surface area (Å²) in [6, 6.07) is 0.